The predicted molar refractivity (Wildman–Crippen MR) is 75.0 cm³/mol. The number of hydrogen-bond acceptors (Lipinski definition) is 5. The maximum absolute atomic E-state index is 10.9. The van der Waals surface area contributed by atoms with E-state index in [2.05, 4.69) is 4.90 Å². The van der Waals surface area contributed by atoms with Crippen LogP contribution in [0, 0.1) is 10.1 Å². The Kier molecular flexibility index (Phi) is 4.93. The van der Waals surface area contributed by atoms with Gasteiger partial charge in [-0.2, -0.15) is 0 Å². The Morgan fingerprint density at radius 2 is 1.95 bits per heavy atom. The quantitative estimate of drug-likeness (QED) is 0.615. The van der Waals surface area contributed by atoms with Gasteiger partial charge in [-0.15, -0.1) is 0 Å². The molecule has 1 heterocycles. The van der Waals surface area contributed by atoms with E-state index in [1.54, 1.807) is 26.4 Å². The molecular formula is C13H17ClN2O4. The van der Waals surface area contributed by atoms with Crippen molar-refractivity contribution >= 4 is 17.3 Å². The summed E-state index contributed by atoms with van der Waals surface area (Å²) in [4.78, 5) is 12.6. The number of hydrogen-bond donors (Lipinski definition) is 0. The van der Waals surface area contributed by atoms with Crippen LogP contribution in [-0.4, -0.2) is 49.3 Å². The molecule has 0 aromatic heterocycles. The number of methoxy groups -OCH3 is 2. The van der Waals surface area contributed by atoms with Gasteiger partial charge in [0.15, 0.2) is 0 Å². The largest absolute Gasteiger partial charge is 0.377 e. The molecule has 0 spiro atoms. The van der Waals surface area contributed by atoms with Crippen molar-refractivity contribution in [1.29, 1.82) is 0 Å². The molecule has 1 aliphatic rings. The zero-order valence-corrected chi connectivity index (χ0v) is 12.2. The van der Waals surface area contributed by atoms with Crippen LogP contribution in [0.4, 0.5) is 5.69 Å². The molecule has 1 aromatic carbocycles. The van der Waals surface area contributed by atoms with Gasteiger partial charge >= 0.3 is 0 Å². The van der Waals surface area contributed by atoms with Crippen LogP contribution in [0.2, 0.25) is 5.02 Å². The fraction of sp³-hybridized carbons (Fsp3) is 0.538. The maximum atomic E-state index is 10.9. The molecule has 1 saturated heterocycles. The van der Waals surface area contributed by atoms with Gasteiger partial charge in [0, 0.05) is 39.9 Å². The maximum Gasteiger partial charge on any atom is 0.288 e. The summed E-state index contributed by atoms with van der Waals surface area (Å²) in [5.74, 6) is 0. The second-order valence-electron chi connectivity index (χ2n) is 4.79. The lowest BCUT2D eigenvalue weighted by Crippen LogP contribution is -2.27. The van der Waals surface area contributed by atoms with Crippen molar-refractivity contribution in [3.8, 4) is 0 Å². The third kappa shape index (κ3) is 3.27. The predicted octanol–water partition coefficient (Wildman–Crippen LogP) is 2.09. The number of likely N-dealkylation sites (tertiary alicyclic amines) is 1. The van der Waals surface area contributed by atoms with E-state index >= 15 is 0 Å². The van der Waals surface area contributed by atoms with Crippen LogP contribution in [0.1, 0.15) is 5.56 Å². The first-order valence-corrected chi connectivity index (χ1v) is 6.63. The van der Waals surface area contributed by atoms with E-state index in [1.807, 2.05) is 0 Å². The van der Waals surface area contributed by atoms with Crippen LogP contribution in [-0.2, 0) is 16.0 Å². The molecule has 110 valence electrons. The van der Waals surface area contributed by atoms with E-state index in [4.69, 9.17) is 21.1 Å². The monoisotopic (exact) mass is 300 g/mol. The summed E-state index contributed by atoms with van der Waals surface area (Å²) < 4.78 is 10.7. The molecule has 7 heteroatoms. The normalized spacial score (nSPS) is 23.1. The molecule has 0 N–H and O–H groups in total. The summed E-state index contributed by atoms with van der Waals surface area (Å²) in [5.41, 5.74) is 0.794. The SMILES string of the molecule is COC1CN(Cc2ccc(Cl)c([N+](=O)[O-])c2)CC1OC. The molecule has 6 nitrogen and oxygen atoms in total. The third-order valence-electron chi connectivity index (χ3n) is 3.51. The van der Waals surface area contributed by atoms with Crippen LogP contribution >= 0.6 is 11.6 Å². The molecule has 0 saturated carbocycles. The van der Waals surface area contributed by atoms with Crippen molar-refractivity contribution in [2.24, 2.45) is 0 Å². The lowest BCUT2D eigenvalue weighted by molar-refractivity contribution is -0.384. The molecule has 0 radical (unpaired) electrons. The summed E-state index contributed by atoms with van der Waals surface area (Å²) >= 11 is 5.80. The van der Waals surface area contributed by atoms with Gasteiger partial charge in [0.1, 0.15) is 5.02 Å². The van der Waals surface area contributed by atoms with Crippen LogP contribution in [0.15, 0.2) is 18.2 Å². The standard InChI is InChI=1S/C13H17ClN2O4/c1-19-12-7-15(8-13(12)20-2)6-9-3-4-10(14)11(5-9)16(17)18/h3-5,12-13H,6-8H2,1-2H3. The van der Waals surface area contributed by atoms with Gasteiger partial charge in [-0.1, -0.05) is 17.7 Å². The number of halogens is 1. The van der Waals surface area contributed by atoms with Gasteiger partial charge in [0.2, 0.25) is 0 Å². The van der Waals surface area contributed by atoms with E-state index in [9.17, 15) is 10.1 Å². The van der Waals surface area contributed by atoms with Crippen molar-refractivity contribution in [3.63, 3.8) is 0 Å². The third-order valence-corrected chi connectivity index (χ3v) is 3.83. The van der Waals surface area contributed by atoms with Gasteiger partial charge < -0.3 is 9.47 Å². The topological polar surface area (TPSA) is 64.8 Å². The first-order chi connectivity index (χ1) is 9.55. The molecule has 2 atom stereocenters. The summed E-state index contributed by atoms with van der Waals surface area (Å²) in [6.45, 7) is 2.09. The smallest absolute Gasteiger partial charge is 0.288 e. The molecule has 2 unspecified atom stereocenters. The van der Waals surface area contributed by atoms with E-state index < -0.39 is 4.92 Å². The highest BCUT2D eigenvalue weighted by Gasteiger charge is 2.32. The summed E-state index contributed by atoms with van der Waals surface area (Å²) in [7, 11) is 3.32. The zero-order chi connectivity index (χ0) is 14.7. The van der Waals surface area contributed by atoms with Crippen LogP contribution in [0.5, 0.6) is 0 Å². The average molecular weight is 301 g/mol. The molecule has 0 aliphatic carbocycles. The summed E-state index contributed by atoms with van der Waals surface area (Å²) in [6.07, 6.45) is 0.0598. The van der Waals surface area contributed by atoms with Crippen molar-refractivity contribution in [2.75, 3.05) is 27.3 Å². The van der Waals surface area contributed by atoms with Gasteiger partial charge in [-0.05, 0) is 11.6 Å². The van der Waals surface area contributed by atoms with Gasteiger partial charge in [0.25, 0.3) is 5.69 Å². The minimum Gasteiger partial charge on any atom is -0.377 e. The van der Waals surface area contributed by atoms with Crippen molar-refractivity contribution in [2.45, 2.75) is 18.8 Å². The highest BCUT2D eigenvalue weighted by Crippen LogP contribution is 2.26. The van der Waals surface area contributed by atoms with E-state index in [0.29, 0.717) is 6.54 Å². The van der Waals surface area contributed by atoms with E-state index in [0.717, 1.165) is 18.7 Å². The Balaban J connectivity index is 2.08. The van der Waals surface area contributed by atoms with Crippen molar-refractivity contribution in [3.05, 3.63) is 38.9 Å². The van der Waals surface area contributed by atoms with E-state index in [-0.39, 0.29) is 22.9 Å². The number of nitro benzene ring substituents is 1. The number of ether oxygens (including phenoxy) is 2. The van der Waals surface area contributed by atoms with Gasteiger partial charge in [-0.3, -0.25) is 15.0 Å². The van der Waals surface area contributed by atoms with Crippen LogP contribution in [0.25, 0.3) is 0 Å². The van der Waals surface area contributed by atoms with Gasteiger partial charge in [0.05, 0.1) is 17.1 Å². The highest BCUT2D eigenvalue weighted by atomic mass is 35.5. The number of nitrogens with zero attached hydrogens (tertiary/aromatic N) is 2. The molecule has 0 amide bonds. The lowest BCUT2D eigenvalue weighted by Gasteiger charge is -2.15. The van der Waals surface area contributed by atoms with Crippen LogP contribution in [0.3, 0.4) is 0 Å². The van der Waals surface area contributed by atoms with Crippen LogP contribution < -0.4 is 0 Å². The fourth-order valence-electron chi connectivity index (χ4n) is 2.46. The van der Waals surface area contributed by atoms with E-state index in [1.165, 1.54) is 6.07 Å². The Morgan fingerprint density at radius 1 is 1.35 bits per heavy atom. The number of benzene rings is 1. The average Bonchev–Trinajstić information content (AvgIpc) is 2.82. The van der Waals surface area contributed by atoms with Crippen molar-refractivity contribution < 1.29 is 14.4 Å². The first kappa shape index (κ1) is 15.2. The zero-order valence-electron chi connectivity index (χ0n) is 11.4. The summed E-state index contributed by atoms with van der Waals surface area (Å²) in [5, 5.41) is 11.0. The Morgan fingerprint density at radius 3 is 2.45 bits per heavy atom. The molecule has 1 fully saturated rings. The Hall–Kier alpha value is -1.21. The highest BCUT2D eigenvalue weighted by molar-refractivity contribution is 6.32. The molecule has 20 heavy (non-hydrogen) atoms. The molecule has 0 bridgehead atoms. The minimum absolute atomic E-state index is 0.0299. The van der Waals surface area contributed by atoms with Crippen molar-refractivity contribution in [1.82, 2.24) is 4.90 Å². The molecule has 1 aromatic rings. The Labute approximate surface area is 122 Å². The molecule has 2 rings (SSSR count). The first-order valence-electron chi connectivity index (χ1n) is 6.26. The lowest BCUT2D eigenvalue weighted by atomic mass is 10.2. The fourth-order valence-corrected chi connectivity index (χ4v) is 2.64. The van der Waals surface area contributed by atoms with Gasteiger partial charge in [-0.25, -0.2) is 0 Å². The number of rotatable bonds is 5. The number of nitro groups is 1. The Bertz CT molecular complexity index is 485. The minimum atomic E-state index is -0.467. The molecular weight excluding hydrogens is 284 g/mol. The second kappa shape index (κ2) is 6.49. The molecule has 1 aliphatic heterocycles. The summed E-state index contributed by atoms with van der Waals surface area (Å²) in [6, 6.07) is 4.88. The second-order valence-corrected chi connectivity index (χ2v) is 5.19.